The van der Waals surface area contributed by atoms with Crippen molar-refractivity contribution in [1.82, 2.24) is 10.6 Å². The van der Waals surface area contributed by atoms with Crippen molar-refractivity contribution in [2.24, 2.45) is 11.3 Å². The second kappa shape index (κ2) is 4.97. The van der Waals surface area contributed by atoms with Gasteiger partial charge in [0.15, 0.2) is 0 Å². The van der Waals surface area contributed by atoms with Crippen molar-refractivity contribution >= 4 is 5.91 Å². The lowest BCUT2D eigenvalue weighted by Crippen LogP contribution is -2.45. The number of carbonyl (C=O) groups is 1. The largest absolute Gasteiger partial charge is 0.353 e. The zero-order valence-electron chi connectivity index (χ0n) is 10.4. The highest BCUT2D eigenvalue weighted by molar-refractivity contribution is 5.78. The summed E-state index contributed by atoms with van der Waals surface area (Å²) in [5, 5.41) is 6.21. The van der Waals surface area contributed by atoms with Gasteiger partial charge in [0.05, 0.1) is 0 Å². The molecule has 2 N–H and O–H groups in total. The average molecular weight is 212 g/mol. The van der Waals surface area contributed by atoms with Gasteiger partial charge in [0.1, 0.15) is 0 Å². The van der Waals surface area contributed by atoms with Crippen molar-refractivity contribution < 1.29 is 4.79 Å². The number of nitrogens with one attached hydrogen (secondary N) is 2. The van der Waals surface area contributed by atoms with Crippen LogP contribution in [0.25, 0.3) is 0 Å². The van der Waals surface area contributed by atoms with Gasteiger partial charge in [-0.2, -0.15) is 0 Å². The van der Waals surface area contributed by atoms with E-state index in [1.165, 1.54) is 12.8 Å². The van der Waals surface area contributed by atoms with Crippen LogP contribution in [0.1, 0.15) is 40.0 Å². The van der Waals surface area contributed by atoms with Crippen molar-refractivity contribution in [2.75, 3.05) is 13.6 Å². The molecule has 0 bridgehead atoms. The molecule has 1 amide bonds. The topological polar surface area (TPSA) is 41.1 Å². The van der Waals surface area contributed by atoms with E-state index in [1.807, 2.05) is 14.0 Å². The maximum absolute atomic E-state index is 11.8. The van der Waals surface area contributed by atoms with Crippen LogP contribution in [0.15, 0.2) is 0 Å². The molecule has 0 spiro atoms. The Bertz CT molecular complexity index is 226. The summed E-state index contributed by atoms with van der Waals surface area (Å²) >= 11 is 0. The Morgan fingerprint density at radius 2 is 2.20 bits per heavy atom. The Hall–Kier alpha value is -0.570. The van der Waals surface area contributed by atoms with Gasteiger partial charge in [-0.3, -0.25) is 4.79 Å². The number of carbonyl (C=O) groups excluding carboxylic acids is 1. The van der Waals surface area contributed by atoms with Gasteiger partial charge in [0, 0.05) is 18.5 Å². The van der Waals surface area contributed by atoms with Crippen molar-refractivity contribution in [3.63, 3.8) is 0 Å². The molecule has 15 heavy (non-hydrogen) atoms. The number of amides is 1. The number of hydrogen-bond donors (Lipinski definition) is 2. The zero-order valence-corrected chi connectivity index (χ0v) is 10.4. The summed E-state index contributed by atoms with van der Waals surface area (Å²) in [6.07, 6.45) is 3.59. The van der Waals surface area contributed by atoms with E-state index < -0.39 is 0 Å². The Balaban J connectivity index is 2.44. The van der Waals surface area contributed by atoms with Gasteiger partial charge in [0.2, 0.25) is 5.91 Å². The summed E-state index contributed by atoms with van der Waals surface area (Å²) in [6.45, 7) is 7.20. The molecule has 2 unspecified atom stereocenters. The molecule has 1 aliphatic carbocycles. The molecule has 1 fully saturated rings. The molecule has 0 aliphatic heterocycles. The molecule has 88 valence electrons. The molecule has 2 atom stereocenters. The van der Waals surface area contributed by atoms with Crippen molar-refractivity contribution in [2.45, 2.75) is 46.1 Å². The van der Waals surface area contributed by atoms with E-state index in [2.05, 4.69) is 24.5 Å². The summed E-state index contributed by atoms with van der Waals surface area (Å²) < 4.78 is 0. The smallest absolute Gasteiger partial charge is 0.224 e. The van der Waals surface area contributed by atoms with E-state index in [-0.39, 0.29) is 17.2 Å². The number of rotatable bonds is 4. The Morgan fingerprint density at radius 3 is 2.67 bits per heavy atom. The summed E-state index contributed by atoms with van der Waals surface area (Å²) in [5.41, 5.74) is 0.273. The first-order valence-corrected chi connectivity index (χ1v) is 5.92. The third-order valence-corrected chi connectivity index (χ3v) is 3.53. The summed E-state index contributed by atoms with van der Waals surface area (Å²) in [6, 6.07) is 0.365. The monoisotopic (exact) mass is 212 g/mol. The molecule has 0 saturated heterocycles. The van der Waals surface area contributed by atoms with Crippen LogP contribution >= 0.6 is 0 Å². The molecule has 0 aromatic rings. The van der Waals surface area contributed by atoms with Gasteiger partial charge in [-0.1, -0.05) is 27.2 Å². The highest BCUT2D eigenvalue weighted by Crippen LogP contribution is 2.37. The quantitative estimate of drug-likeness (QED) is 0.742. The highest BCUT2D eigenvalue weighted by atomic mass is 16.1. The maximum atomic E-state index is 11.8. The van der Waals surface area contributed by atoms with E-state index in [1.54, 1.807) is 0 Å². The molecule has 1 saturated carbocycles. The Labute approximate surface area is 93.0 Å². The third kappa shape index (κ3) is 3.20. The van der Waals surface area contributed by atoms with Gasteiger partial charge in [-0.25, -0.2) is 0 Å². The van der Waals surface area contributed by atoms with Gasteiger partial charge in [-0.15, -0.1) is 0 Å². The van der Waals surface area contributed by atoms with Crippen LogP contribution in [0.5, 0.6) is 0 Å². The van der Waals surface area contributed by atoms with Crippen LogP contribution in [-0.2, 0) is 4.79 Å². The molecule has 3 nitrogen and oxygen atoms in total. The summed E-state index contributed by atoms with van der Waals surface area (Å²) in [4.78, 5) is 11.8. The fourth-order valence-electron chi connectivity index (χ4n) is 2.31. The van der Waals surface area contributed by atoms with E-state index in [0.29, 0.717) is 6.04 Å². The van der Waals surface area contributed by atoms with Gasteiger partial charge in [0.25, 0.3) is 0 Å². The first-order valence-electron chi connectivity index (χ1n) is 5.92. The van der Waals surface area contributed by atoms with E-state index in [4.69, 9.17) is 0 Å². The van der Waals surface area contributed by atoms with Crippen LogP contribution in [0.4, 0.5) is 0 Å². The van der Waals surface area contributed by atoms with Crippen LogP contribution < -0.4 is 10.6 Å². The predicted molar refractivity (Wildman–Crippen MR) is 62.7 cm³/mol. The minimum Gasteiger partial charge on any atom is -0.353 e. The van der Waals surface area contributed by atoms with Gasteiger partial charge < -0.3 is 10.6 Å². The Morgan fingerprint density at radius 1 is 1.53 bits per heavy atom. The lowest BCUT2D eigenvalue weighted by Gasteiger charge is -2.28. The average Bonchev–Trinajstić information content (AvgIpc) is 2.46. The maximum Gasteiger partial charge on any atom is 0.224 e. The molecule has 0 heterocycles. The minimum absolute atomic E-state index is 0.0615. The highest BCUT2D eigenvalue weighted by Gasteiger charge is 2.35. The minimum atomic E-state index is 0.0615. The molecule has 0 aromatic heterocycles. The third-order valence-electron chi connectivity index (χ3n) is 3.53. The molecule has 0 radical (unpaired) electrons. The second-order valence-electron chi connectivity index (χ2n) is 5.40. The summed E-state index contributed by atoms with van der Waals surface area (Å²) in [5.74, 6) is 0.246. The molecule has 3 heteroatoms. The fourth-order valence-corrected chi connectivity index (χ4v) is 2.31. The van der Waals surface area contributed by atoms with Crippen molar-refractivity contribution in [3.8, 4) is 0 Å². The van der Waals surface area contributed by atoms with E-state index >= 15 is 0 Å². The first-order chi connectivity index (χ1) is 6.97. The van der Waals surface area contributed by atoms with Gasteiger partial charge >= 0.3 is 0 Å². The zero-order chi connectivity index (χ0) is 11.5. The lowest BCUT2D eigenvalue weighted by molar-refractivity contribution is -0.125. The van der Waals surface area contributed by atoms with Crippen LogP contribution in [0.2, 0.25) is 0 Å². The molecular weight excluding hydrogens is 188 g/mol. The normalized spacial score (nSPS) is 26.3. The van der Waals surface area contributed by atoms with Crippen molar-refractivity contribution in [1.29, 1.82) is 0 Å². The molecule has 1 rings (SSSR count). The van der Waals surface area contributed by atoms with Crippen molar-refractivity contribution in [3.05, 3.63) is 0 Å². The van der Waals surface area contributed by atoms with E-state index in [0.717, 1.165) is 13.0 Å². The second-order valence-corrected chi connectivity index (χ2v) is 5.40. The molecule has 0 aromatic carbocycles. The first kappa shape index (κ1) is 12.5. The van der Waals surface area contributed by atoms with Crippen LogP contribution in [0.3, 0.4) is 0 Å². The lowest BCUT2D eigenvalue weighted by atomic mass is 9.87. The fraction of sp³-hybridized carbons (Fsp3) is 0.917. The summed E-state index contributed by atoms with van der Waals surface area (Å²) in [7, 11) is 1.88. The predicted octanol–water partition coefficient (Wildman–Crippen LogP) is 1.54. The molecule has 1 aliphatic rings. The van der Waals surface area contributed by atoms with Crippen LogP contribution in [0, 0.1) is 11.3 Å². The molecular formula is C12H24N2O. The SMILES string of the molecule is CNCC(C)C(=O)NC1CCCC1(C)C. The number of hydrogen-bond acceptors (Lipinski definition) is 2. The standard InChI is InChI=1S/C12H24N2O/c1-9(8-13-4)11(15)14-10-6-5-7-12(10,2)3/h9-10,13H,5-8H2,1-4H3,(H,14,15). The van der Waals surface area contributed by atoms with Crippen LogP contribution in [-0.4, -0.2) is 25.5 Å². The van der Waals surface area contributed by atoms with E-state index in [9.17, 15) is 4.79 Å². The van der Waals surface area contributed by atoms with Gasteiger partial charge in [-0.05, 0) is 25.3 Å². The Kier molecular flexibility index (Phi) is 4.14.